The largest absolute Gasteiger partial charge is 0.481 e. The number of nitrogens with zero attached hydrogens (tertiary/aromatic N) is 1. The maximum Gasteiger partial charge on any atom is 0.310 e. The molecule has 112 valence electrons. The molecule has 0 spiro atoms. The first-order valence-electron chi connectivity index (χ1n) is 6.98. The number of amides is 1. The highest BCUT2D eigenvalue weighted by Gasteiger charge is 2.38. The molecule has 0 unspecified atom stereocenters. The molecule has 0 aromatic rings. The second-order valence-electron chi connectivity index (χ2n) is 5.23. The van der Waals surface area contributed by atoms with Gasteiger partial charge in [0.15, 0.2) is 0 Å². The minimum Gasteiger partial charge on any atom is -0.481 e. The third-order valence-electron chi connectivity index (χ3n) is 3.80. The van der Waals surface area contributed by atoms with Crippen LogP contribution in [0, 0.1) is 5.41 Å². The van der Waals surface area contributed by atoms with Crippen molar-refractivity contribution in [2.75, 3.05) is 13.2 Å². The van der Waals surface area contributed by atoms with Crippen LogP contribution >= 0.6 is 0 Å². The van der Waals surface area contributed by atoms with Gasteiger partial charge in [0.25, 0.3) is 0 Å². The summed E-state index contributed by atoms with van der Waals surface area (Å²) in [5, 5.41) is 18.2. The van der Waals surface area contributed by atoms with Gasteiger partial charge in [-0.3, -0.25) is 9.59 Å². The lowest BCUT2D eigenvalue weighted by atomic mass is 9.79. The van der Waals surface area contributed by atoms with Crippen molar-refractivity contribution in [3.05, 3.63) is 0 Å². The van der Waals surface area contributed by atoms with E-state index in [0.29, 0.717) is 25.8 Å². The third kappa shape index (κ3) is 4.82. The zero-order valence-corrected chi connectivity index (χ0v) is 12.5. The number of aliphatic carboxylic acids is 1. The second kappa shape index (κ2) is 8.15. The molecule has 5 nitrogen and oxygen atoms in total. The molecule has 0 fully saturated rings. The summed E-state index contributed by atoms with van der Waals surface area (Å²) in [7, 11) is 0. The summed E-state index contributed by atoms with van der Waals surface area (Å²) < 4.78 is 0. The van der Waals surface area contributed by atoms with Crippen LogP contribution in [0.2, 0.25) is 0 Å². The number of aliphatic hydroxyl groups excluding tert-OH is 1. The lowest BCUT2D eigenvalue weighted by Crippen LogP contribution is -2.43. The molecule has 0 radical (unpaired) electrons. The predicted molar refractivity (Wildman–Crippen MR) is 73.8 cm³/mol. The fraction of sp³-hybridized carbons (Fsp3) is 0.857. The normalized spacial score (nSPS) is 11.7. The van der Waals surface area contributed by atoms with Gasteiger partial charge in [-0.1, -0.05) is 13.8 Å². The van der Waals surface area contributed by atoms with Crippen molar-refractivity contribution in [3.8, 4) is 0 Å². The number of carboxylic acids is 1. The van der Waals surface area contributed by atoms with Gasteiger partial charge < -0.3 is 15.1 Å². The van der Waals surface area contributed by atoms with Crippen LogP contribution in [-0.2, 0) is 9.59 Å². The van der Waals surface area contributed by atoms with E-state index in [1.807, 2.05) is 13.8 Å². The predicted octanol–water partition coefficient (Wildman–Crippen LogP) is 1.89. The average molecular weight is 273 g/mol. The fourth-order valence-electron chi connectivity index (χ4n) is 2.18. The number of carboxylic acid groups (broad SMARTS) is 1. The SMILES string of the molecule is CCC(CC)(CC(=O)N(CCCO)C(C)C)C(=O)O. The summed E-state index contributed by atoms with van der Waals surface area (Å²) in [6, 6.07) is 0.0132. The maximum atomic E-state index is 12.3. The molecule has 0 atom stereocenters. The van der Waals surface area contributed by atoms with Gasteiger partial charge in [0.1, 0.15) is 0 Å². The van der Waals surface area contributed by atoms with E-state index in [4.69, 9.17) is 5.11 Å². The Kier molecular flexibility index (Phi) is 7.68. The van der Waals surface area contributed by atoms with E-state index in [0.717, 1.165) is 0 Å². The summed E-state index contributed by atoms with van der Waals surface area (Å²) >= 11 is 0. The Morgan fingerprint density at radius 2 is 1.74 bits per heavy atom. The zero-order chi connectivity index (χ0) is 15.1. The van der Waals surface area contributed by atoms with Crippen molar-refractivity contribution in [3.63, 3.8) is 0 Å². The van der Waals surface area contributed by atoms with Crippen molar-refractivity contribution in [1.82, 2.24) is 4.90 Å². The molecule has 0 saturated carbocycles. The molecule has 0 aliphatic carbocycles. The molecule has 0 aromatic carbocycles. The molecule has 5 heteroatoms. The number of carbonyl (C=O) groups is 2. The molecular weight excluding hydrogens is 246 g/mol. The van der Waals surface area contributed by atoms with E-state index in [1.165, 1.54) is 0 Å². The van der Waals surface area contributed by atoms with E-state index in [1.54, 1.807) is 18.7 Å². The van der Waals surface area contributed by atoms with Crippen LogP contribution in [0.15, 0.2) is 0 Å². The number of rotatable bonds is 9. The van der Waals surface area contributed by atoms with Gasteiger partial charge in [-0.25, -0.2) is 0 Å². The van der Waals surface area contributed by atoms with Gasteiger partial charge in [-0.05, 0) is 33.1 Å². The smallest absolute Gasteiger partial charge is 0.310 e. The van der Waals surface area contributed by atoms with Crippen LogP contribution in [0.25, 0.3) is 0 Å². The molecule has 0 aliphatic heterocycles. The molecule has 0 bridgehead atoms. The average Bonchev–Trinajstić information content (AvgIpc) is 2.35. The van der Waals surface area contributed by atoms with E-state index in [2.05, 4.69) is 0 Å². The topological polar surface area (TPSA) is 77.8 Å². The Morgan fingerprint density at radius 1 is 1.21 bits per heavy atom. The first kappa shape index (κ1) is 17.9. The lowest BCUT2D eigenvalue weighted by Gasteiger charge is -2.32. The summed E-state index contributed by atoms with van der Waals surface area (Å²) in [5.74, 6) is -1.05. The molecule has 0 rings (SSSR count). The molecular formula is C14H27NO4. The van der Waals surface area contributed by atoms with Gasteiger partial charge in [-0.15, -0.1) is 0 Å². The Morgan fingerprint density at radius 3 is 2.05 bits per heavy atom. The zero-order valence-electron chi connectivity index (χ0n) is 12.5. The van der Waals surface area contributed by atoms with E-state index in [-0.39, 0.29) is 25.0 Å². The highest BCUT2D eigenvalue weighted by molar-refractivity contribution is 5.85. The van der Waals surface area contributed by atoms with Gasteiger partial charge in [-0.2, -0.15) is 0 Å². The summed E-state index contributed by atoms with van der Waals surface area (Å²) in [4.78, 5) is 25.4. The molecule has 0 aromatic heterocycles. The first-order valence-corrected chi connectivity index (χ1v) is 6.98. The van der Waals surface area contributed by atoms with E-state index < -0.39 is 11.4 Å². The third-order valence-corrected chi connectivity index (χ3v) is 3.80. The van der Waals surface area contributed by atoms with Crippen LogP contribution in [0.5, 0.6) is 0 Å². The van der Waals surface area contributed by atoms with Gasteiger partial charge in [0, 0.05) is 25.6 Å². The van der Waals surface area contributed by atoms with Crippen LogP contribution in [0.1, 0.15) is 53.4 Å². The molecule has 19 heavy (non-hydrogen) atoms. The summed E-state index contributed by atoms with van der Waals surface area (Å²) in [5.41, 5.74) is -0.969. The Hall–Kier alpha value is -1.10. The van der Waals surface area contributed by atoms with Gasteiger partial charge in [0.05, 0.1) is 5.41 Å². The van der Waals surface area contributed by atoms with Crippen LogP contribution in [0.3, 0.4) is 0 Å². The Balaban J connectivity index is 4.90. The van der Waals surface area contributed by atoms with Gasteiger partial charge >= 0.3 is 5.97 Å². The van der Waals surface area contributed by atoms with E-state index in [9.17, 15) is 14.7 Å². The summed E-state index contributed by atoms with van der Waals surface area (Å²) in [6.07, 6.45) is 1.42. The van der Waals surface area contributed by atoms with Crippen LogP contribution < -0.4 is 0 Å². The molecule has 0 heterocycles. The Bertz CT molecular complexity index is 298. The molecule has 0 saturated heterocycles. The lowest BCUT2D eigenvalue weighted by molar-refractivity contribution is -0.154. The highest BCUT2D eigenvalue weighted by Crippen LogP contribution is 2.32. The van der Waals surface area contributed by atoms with Crippen molar-refractivity contribution in [2.24, 2.45) is 5.41 Å². The number of carbonyl (C=O) groups excluding carboxylic acids is 1. The van der Waals surface area contributed by atoms with Gasteiger partial charge in [0.2, 0.25) is 5.91 Å². The monoisotopic (exact) mass is 273 g/mol. The van der Waals surface area contributed by atoms with Crippen molar-refractivity contribution < 1.29 is 19.8 Å². The van der Waals surface area contributed by atoms with E-state index >= 15 is 0 Å². The molecule has 1 amide bonds. The Labute approximate surface area is 115 Å². The minimum absolute atomic E-state index is 0.0132. The van der Waals surface area contributed by atoms with Crippen LogP contribution in [0.4, 0.5) is 0 Å². The fourth-order valence-corrected chi connectivity index (χ4v) is 2.18. The van der Waals surface area contributed by atoms with Crippen molar-refractivity contribution >= 4 is 11.9 Å². The summed E-state index contributed by atoms with van der Waals surface area (Å²) in [6.45, 7) is 7.90. The first-order chi connectivity index (χ1) is 8.84. The quantitative estimate of drug-likeness (QED) is 0.672. The maximum absolute atomic E-state index is 12.3. The van der Waals surface area contributed by atoms with Crippen molar-refractivity contribution in [2.45, 2.75) is 59.4 Å². The van der Waals surface area contributed by atoms with Crippen molar-refractivity contribution in [1.29, 1.82) is 0 Å². The minimum atomic E-state index is -0.969. The van der Waals surface area contributed by atoms with Crippen LogP contribution in [-0.4, -0.2) is 46.2 Å². The standard InChI is InChI=1S/C14H27NO4/c1-5-14(6-2,13(18)19)10-12(17)15(11(3)4)8-7-9-16/h11,16H,5-10H2,1-4H3,(H,18,19). The molecule has 0 aliphatic rings. The number of hydrogen-bond acceptors (Lipinski definition) is 3. The molecule has 2 N–H and O–H groups in total. The second-order valence-corrected chi connectivity index (χ2v) is 5.23. The number of hydrogen-bond donors (Lipinski definition) is 2. The number of aliphatic hydroxyl groups is 1. The highest BCUT2D eigenvalue weighted by atomic mass is 16.4.